The van der Waals surface area contributed by atoms with Crippen molar-refractivity contribution < 1.29 is 14.4 Å². The van der Waals surface area contributed by atoms with Gasteiger partial charge >= 0.3 is 0 Å². The molecule has 180 valence electrons. The van der Waals surface area contributed by atoms with Crippen LogP contribution in [0.2, 0.25) is 15.1 Å². The molecule has 4 atom stereocenters. The summed E-state index contributed by atoms with van der Waals surface area (Å²) in [4.78, 5) is 44.4. The smallest absolute Gasteiger partial charge is 0.247 e. The summed E-state index contributed by atoms with van der Waals surface area (Å²) in [6.45, 7) is 0. The monoisotopic (exact) mass is 537 g/mol. The first kappa shape index (κ1) is 23.1. The molecule has 1 N–H and O–H groups in total. The van der Waals surface area contributed by atoms with E-state index in [-0.39, 0.29) is 11.8 Å². The molecule has 3 aromatic carbocycles. The lowest BCUT2D eigenvalue weighted by Crippen LogP contribution is -2.46. The maximum absolute atomic E-state index is 13.9. The fourth-order valence-electron chi connectivity index (χ4n) is 5.53. The summed E-state index contributed by atoms with van der Waals surface area (Å²) in [5.74, 6) is -2.89. The van der Waals surface area contributed by atoms with E-state index in [4.69, 9.17) is 34.8 Å². The molecule has 0 radical (unpaired) electrons. The zero-order chi connectivity index (χ0) is 25.1. The van der Waals surface area contributed by atoms with E-state index in [2.05, 4.69) is 5.32 Å². The summed E-state index contributed by atoms with van der Waals surface area (Å²) < 4.78 is 0. The van der Waals surface area contributed by atoms with Crippen molar-refractivity contribution in [1.82, 2.24) is 4.90 Å². The van der Waals surface area contributed by atoms with E-state index in [1.165, 1.54) is 18.2 Å². The van der Waals surface area contributed by atoms with E-state index in [0.29, 0.717) is 26.4 Å². The number of nitrogens with zero attached hydrogens (tertiary/aromatic N) is 2. The summed E-state index contributed by atoms with van der Waals surface area (Å²) in [7, 11) is 0. The van der Waals surface area contributed by atoms with E-state index in [1.807, 2.05) is 35.2 Å². The van der Waals surface area contributed by atoms with Crippen molar-refractivity contribution in [2.45, 2.75) is 12.1 Å². The Balaban J connectivity index is 1.45. The van der Waals surface area contributed by atoms with E-state index < -0.39 is 29.8 Å². The molecule has 3 aromatic rings. The van der Waals surface area contributed by atoms with Gasteiger partial charge in [-0.2, -0.15) is 0 Å². The van der Waals surface area contributed by atoms with Crippen LogP contribution < -0.4 is 10.2 Å². The van der Waals surface area contributed by atoms with E-state index in [0.717, 1.165) is 16.0 Å². The minimum absolute atomic E-state index is 0.292. The number of fused-ring (bicyclic) bond motifs is 5. The normalized spacial score (nSPS) is 24.0. The second-order valence-electron chi connectivity index (χ2n) is 8.97. The number of imide groups is 1. The second-order valence-corrected chi connectivity index (χ2v) is 10.3. The van der Waals surface area contributed by atoms with Crippen molar-refractivity contribution in [3.8, 4) is 0 Å². The molecule has 0 saturated carbocycles. The molecule has 0 bridgehead atoms. The Bertz CT molecular complexity index is 1440. The van der Waals surface area contributed by atoms with Crippen molar-refractivity contribution in [1.29, 1.82) is 0 Å². The average molecular weight is 539 g/mol. The van der Waals surface area contributed by atoms with Crippen LogP contribution in [-0.2, 0) is 14.4 Å². The molecule has 4 unspecified atom stereocenters. The quantitative estimate of drug-likeness (QED) is 0.428. The van der Waals surface area contributed by atoms with Crippen LogP contribution in [0.3, 0.4) is 0 Å². The summed E-state index contributed by atoms with van der Waals surface area (Å²) in [6.07, 6.45) is 3.71. The summed E-state index contributed by atoms with van der Waals surface area (Å²) in [6, 6.07) is 17.6. The fourth-order valence-corrected chi connectivity index (χ4v) is 6.17. The summed E-state index contributed by atoms with van der Waals surface area (Å²) in [5.41, 5.74) is 2.67. The van der Waals surface area contributed by atoms with Crippen LogP contribution in [0.5, 0.6) is 0 Å². The summed E-state index contributed by atoms with van der Waals surface area (Å²) in [5, 5.41) is 4.04. The van der Waals surface area contributed by atoms with Gasteiger partial charge in [-0.05, 0) is 59.7 Å². The lowest BCUT2D eigenvalue weighted by molar-refractivity contribution is -0.128. The molecule has 3 heterocycles. The lowest BCUT2D eigenvalue weighted by Gasteiger charge is -2.35. The number of carbonyl (C=O) groups excluding carboxylic acids is 3. The molecule has 3 amide bonds. The van der Waals surface area contributed by atoms with Gasteiger partial charge in [0.05, 0.1) is 23.6 Å². The number of hydrogen-bond acceptors (Lipinski definition) is 4. The standard InChI is InChI=1S/C27H18Cl3N3O3/c28-15-5-7-18(8-6-15)31-25(34)24-22-21(23-20-4-2-1-3-14(20)9-10-32(23)24)26(35)33(27(22)36)19-12-16(29)11-17(30)13-19/h1-13,21-24H,(H,31,34). The van der Waals surface area contributed by atoms with Crippen LogP contribution >= 0.6 is 34.8 Å². The van der Waals surface area contributed by atoms with Crippen molar-refractivity contribution in [2.75, 3.05) is 10.2 Å². The van der Waals surface area contributed by atoms with E-state index >= 15 is 0 Å². The fraction of sp³-hybridized carbons (Fsp3) is 0.148. The Morgan fingerprint density at radius 1 is 0.806 bits per heavy atom. The van der Waals surface area contributed by atoms with Crippen molar-refractivity contribution in [3.05, 3.63) is 99.1 Å². The molecule has 3 aliphatic heterocycles. The maximum atomic E-state index is 13.9. The Labute approximate surface area is 222 Å². The number of rotatable bonds is 3. The van der Waals surface area contributed by atoms with Gasteiger partial charge in [-0.25, -0.2) is 4.90 Å². The molecule has 0 aromatic heterocycles. The molecule has 3 aliphatic rings. The highest BCUT2D eigenvalue weighted by Gasteiger charge is 2.64. The maximum Gasteiger partial charge on any atom is 0.247 e. The first-order chi connectivity index (χ1) is 17.3. The first-order valence-corrected chi connectivity index (χ1v) is 12.4. The third-order valence-corrected chi connectivity index (χ3v) is 7.64. The first-order valence-electron chi connectivity index (χ1n) is 11.3. The van der Waals surface area contributed by atoms with Gasteiger partial charge in [-0.1, -0.05) is 59.1 Å². The number of halogens is 3. The molecule has 0 spiro atoms. The molecule has 2 fully saturated rings. The van der Waals surface area contributed by atoms with E-state index in [1.54, 1.807) is 30.5 Å². The predicted molar refractivity (Wildman–Crippen MR) is 140 cm³/mol. The number of nitrogens with one attached hydrogen (secondary N) is 1. The number of benzene rings is 3. The van der Waals surface area contributed by atoms with Gasteiger partial charge in [-0.15, -0.1) is 0 Å². The van der Waals surface area contributed by atoms with Crippen molar-refractivity contribution in [2.24, 2.45) is 11.8 Å². The zero-order valence-corrected chi connectivity index (χ0v) is 20.8. The SMILES string of the molecule is O=C(Nc1ccc(Cl)cc1)C1C2C(=O)N(c3cc(Cl)cc(Cl)c3)C(=O)C2C2c3ccccc3C=CN12. The molecule has 2 saturated heterocycles. The Hall–Kier alpha value is -3.32. The highest BCUT2D eigenvalue weighted by Crippen LogP contribution is 2.53. The predicted octanol–water partition coefficient (Wildman–Crippen LogP) is 5.80. The van der Waals surface area contributed by atoms with Crippen molar-refractivity contribution >= 4 is 70.0 Å². The van der Waals surface area contributed by atoms with Crippen LogP contribution in [-0.4, -0.2) is 28.7 Å². The minimum Gasteiger partial charge on any atom is -0.357 e. The molecule has 9 heteroatoms. The highest BCUT2D eigenvalue weighted by molar-refractivity contribution is 6.36. The van der Waals surface area contributed by atoms with Gasteiger partial charge in [0, 0.05) is 27.0 Å². The Kier molecular flexibility index (Phi) is 5.56. The molecule has 6 rings (SSSR count). The van der Waals surface area contributed by atoms with Gasteiger partial charge in [0.15, 0.2) is 0 Å². The zero-order valence-electron chi connectivity index (χ0n) is 18.6. The van der Waals surface area contributed by atoms with Gasteiger partial charge < -0.3 is 10.2 Å². The summed E-state index contributed by atoms with van der Waals surface area (Å²) >= 11 is 18.3. The van der Waals surface area contributed by atoms with E-state index in [9.17, 15) is 14.4 Å². The molecular formula is C27H18Cl3N3O3. The van der Waals surface area contributed by atoms with Gasteiger partial charge in [0.25, 0.3) is 0 Å². The third-order valence-electron chi connectivity index (χ3n) is 6.95. The molecule has 6 nitrogen and oxygen atoms in total. The molecule has 36 heavy (non-hydrogen) atoms. The second kappa shape index (κ2) is 8.66. The Morgan fingerprint density at radius 2 is 1.47 bits per heavy atom. The van der Waals surface area contributed by atoms with Gasteiger partial charge in [0.2, 0.25) is 17.7 Å². The number of hydrogen-bond donors (Lipinski definition) is 1. The van der Waals surface area contributed by atoms with Crippen LogP contribution in [0.25, 0.3) is 6.08 Å². The number of carbonyl (C=O) groups is 3. The highest BCUT2D eigenvalue weighted by atomic mass is 35.5. The number of amides is 3. The van der Waals surface area contributed by atoms with Gasteiger partial charge in [0.1, 0.15) is 6.04 Å². The molecular weight excluding hydrogens is 521 g/mol. The largest absolute Gasteiger partial charge is 0.357 e. The lowest BCUT2D eigenvalue weighted by atomic mass is 9.84. The van der Waals surface area contributed by atoms with Crippen LogP contribution in [0.4, 0.5) is 11.4 Å². The average Bonchev–Trinajstić information content (AvgIpc) is 3.32. The van der Waals surface area contributed by atoms with Crippen molar-refractivity contribution in [3.63, 3.8) is 0 Å². The van der Waals surface area contributed by atoms with Gasteiger partial charge in [-0.3, -0.25) is 14.4 Å². The topological polar surface area (TPSA) is 69.7 Å². The van der Waals surface area contributed by atoms with Crippen LogP contribution in [0.15, 0.2) is 72.9 Å². The minimum atomic E-state index is -0.906. The van der Waals surface area contributed by atoms with Crippen LogP contribution in [0.1, 0.15) is 17.2 Å². The molecule has 0 aliphatic carbocycles. The third kappa shape index (κ3) is 3.60. The Morgan fingerprint density at radius 3 is 2.19 bits per heavy atom. The van der Waals surface area contributed by atoms with Crippen LogP contribution in [0, 0.1) is 11.8 Å². The number of anilines is 2.